The number of halogens is 1. The summed E-state index contributed by atoms with van der Waals surface area (Å²) in [7, 11) is 0. The molecule has 1 aliphatic rings. The van der Waals surface area contributed by atoms with Gasteiger partial charge in [-0.1, -0.05) is 30.0 Å². The van der Waals surface area contributed by atoms with Crippen molar-refractivity contribution in [1.82, 2.24) is 4.90 Å². The lowest BCUT2D eigenvalue weighted by Gasteiger charge is -2.15. The van der Waals surface area contributed by atoms with Crippen molar-refractivity contribution >= 4 is 39.9 Å². The van der Waals surface area contributed by atoms with Crippen LogP contribution in [0.3, 0.4) is 0 Å². The van der Waals surface area contributed by atoms with Gasteiger partial charge >= 0.3 is 0 Å². The Balaban J connectivity index is 1.79. The summed E-state index contributed by atoms with van der Waals surface area (Å²) in [6, 6.07) is 10.2. The van der Waals surface area contributed by atoms with Crippen LogP contribution in [0.15, 0.2) is 52.0 Å². The Bertz CT molecular complexity index is 771. The smallest absolute Gasteiger partial charge is 0.239 e. The van der Waals surface area contributed by atoms with Crippen LogP contribution in [0.5, 0.6) is 0 Å². The lowest BCUT2D eigenvalue weighted by Crippen LogP contribution is -2.28. The quantitative estimate of drug-likeness (QED) is 0.625. The first-order valence-corrected chi connectivity index (χ1v) is 8.84. The van der Waals surface area contributed by atoms with Gasteiger partial charge in [0, 0.05) is 0 Å². The van der Waals surface area contributed by atoms with Crippen molar-refractivity contribution in [2.75, 3.05) is 5.75 Å². The van der Waals surface area contributed by atoms with Gasteiger partial charge in [-0.2, -0.15) is 5.10 Å². The van der Waals surface area contributed by atoms with Crippen molar-refractivity contribution < 1.29 is 9.18 Å². The molecule has 0 atom stereocenters. The molecule has 0 radical (unpaired) electrons. The average molecular weight is 347 g/mol. The molecule has 0 aliphatic carbocycles. The maximum atomic E-state index is 13.3. The molecule has 2 heterocycles. The van der Waals surface area contributed by atoms with E-state index in [0.29, 0.717) is 17.5 Å². The van der Waals surface area contributed by atoms with Gasteiger partial charge in [-0.15, -0.1) is 16.4 Å². The van der Waals surface area contributed by atoms with Gasteiger partial charge in [-0.05, 0) is 36.1 Å². The summed E-state index contributed by atoms with van der Waals surface area (Å²) in [6.07, 6.45) is 0. The SMILES string of the molecule is C/C(=N\N=C1/SCC(=O)N1Cc1cccc(F)c1)c1cccs1. The minimum Gasteiger partial charge on any atom is -0.285 e. The molecule has 0 unspecified atom stereocenters. The molecule has 4 nitrogen and oxygen atoms in total. The van der Waals surface area contributed by atoms with Crippen molar-refractivity contribution in [2.24, 2.45) is 10.2 Å². The predicted octanol–water partition coefficient (Wildman–Crippen LogP) is 3.74. The highest BCUT2D eigenvalue weighted by Gasteiger charge is 2.28. The number of hydrogen-bond acceptors (Lipinski definition) is 5. The highest BCUT2D eigenvalue weighted by Crippen LogP contribution is 2.22. The molecule has 23 heavy (non-hydrogen) atoms. The van der Waals surface area contributed by atoms with Crippen molar-refractivity contribution in [3.8, 4) is 0 Å². The van der Waals surface area contributed by atoms with E-state index >= 15 is 0 Å². The van der Waals surface area contributed by atoms with Crippen LogP contribution >= 0.6 is 23.1 Å². The lowest BCUT2D eigenvalue weighted by molar-refractivity contribution is -0.124. The van der Waals surface area contributed by atoms with Crippen LogP contribution in [-0.4, -0.2) is 27.4 Å². The number of nitrogens with zero attached hydrogens (tertiary/aromatic N) is 3. The molecule has 1 aliphatic heterocycles. The molecule has 2 aromatic rings. The van der Waals surface area contributed by atoms with Gasteiger partial charge in [-0.3, -0.25) is 9.69 Å². The van der Waals surface area contributed by atoms with Crippen LogP contribution in [0.1, 0.15) is 17.4 Å². The van der Waals surface area contributed by atoms with E-state index < -0.39 is 0 Å². The Labute approximate surface area is 141 Å². The van der Waals surface area contributed by atoms with Gasteiger partial charge < -0.3 is 0 Å². The zero-order chi connectivity index (χ0) is 16.2. The second kappa shape index (κ2) is 7.06. The number of thioether (sulfide) groups is 1. The standard InChI is InChI=1S/C16H14FN3OS2/c1-11(14-6-3-7-22-14)18-19-16-20(15(21)10-23-16)9-12-4-2-5-13(17)8-12/h2-8H,9-10H2,1H3/b18-11+,19-16-. The maximum absolute atomic E-state index is 13.3. The van der Waals surface area contributed by atoms with Gasteiger partial charge in [0.15, 0.2) is 5.17 Å². The van der Waals surface area contributed by atoms with Crippen LogP contribution in [0.4, 0.5) is 4.39 Å². The number of amides is 1. The van der Waals surface area contributed by atoms with Crippen LogP contribution in [-0.2, 0) is 11.3 Å². The summed E-state index contributed by atoms with van der Waals surface area (Å²) in [5.74, 6) is -0.0179. The van der Waals surface area contributed by atoms with Crippen molar-refractivity contribution in [3.63, 3.8) is 0 Å². The zero-order valence-corrected chi connectivity index (χ0v) is 14.0. The number of thiophene rings is 1. The fraction of sp³-hybridized carbons (Fsp3) is 0.188. The summed E-state index contributed by atoms with van der Waals surface area (Å²) in [4.78, 5) is 14.6. The van der Waals surface area contributed by atoms with Gasteiger partial charge in [0.25, 0.3) is 0 Å². The number of carbonyl (C=O) groups excluding carboxylic acids is 1. The predicted molar refractivity (Wildman–Crippen MR) is 93.4 cm³/mol. The molecule has 1 fully saturated rings. The first kappa shape index (κ1) is 15.9. The first-order chi connectivity index (χ1) is 11.1. The maximum Gasteiger partial charge on any atom is 0.239 e. The Morgan fingerprint density at radius 1 is 1.35 bits per heavy atom. The van der Waals surface area contributed by atoms with E-state index in [0.717, 1.165) is 16.2 Å². The number of hydrogen-bond donors (Lipinski definition) is 0. The average Bonchev–Trinajstić information content (AvgIpc) is 3.17. The van der Waals surface area contributed by atoms with Crippen molar-refractivity contribution in [1.29, 1.82) is 0 Å². The minimum absolute atomic E-state index is 0.0398. The molecular formula is C16H14FN3OS2. The van der Waals surface area contributed by atoms with Crippen LogP contribution in [0, 0.1) is 5.82 Å². The monoisotopic (exact) mass is 347 g/mol. The molecule has 0 saturated carbocycles. The Kier molecular flexibility index (Phi) is 4.88. The third-order valence-electron chi connectivity index (χ3n) is 3.25. The summed E-state index contributed by atoms with van der Waals surface area (Å²) in [6.45, 7) is 2.18. The topological polar surface area (TPSA) is 45.0 Å². The molecule has 7 heteroatoms. The van der Waals surface area contributed by atoms with E-state index in [9.17, 15) is 9.18 Å². The largest absolute Gasteiger partial charge is 0.285 e. The van der Waals surface area contributed by atoms with E-state index in [1.165, 1.54) is 23.9 Å². The summed E-state index contributed by atoms with van der Waals surface area (Å²) < 4.78 is 13.3. The van der Waals surface area contributed by atoms with E-state index in [4.69, 9.17) is 0 Å². The molecule has 0 spiro atoms. The summed E-state index contributed by atoms with van der Waals surface area (Å²) in [5, 5.41) is 11.0. The highest BCUT2D eigenvalue weighted by atomic mass is 32.2. The molecule has 1 aromatic carbocycles. The van der Waals surface area contributed by atoms with Crippen LogP contribution in [0.2, 0.25) is 0 Å². The Morgan fingerprint density at radius 3 is 2.96 bits per heavy atom. The molecule has 118 valence electrons. The van der Waals surface area contributed by atoms with E-state index in [-0.39, 0.29) is 11.7 Å². The molecular weight excluding hydrogens is 333 g/mol. The fourth-order valence-corrected chi connectivity index (χ4v) is 3.60. The normalized spacial score (nSPS) is 17.3. The summed E-state index contributed by atoms with van der Waals surface area (Å²) in [5.41, 5.74) is 1.53. The molecule has 0 bridgehead atoms. The van der Waals surface area contributed by atoms with Gasteiger partial charge in [-0.25, -0.2) is 4.39 Å². The van der Waals surface area contributed by atoms with Gasteiger partial charge in [0.05, 0.1) is 22.9 Å². The van der Waals surface area contributed by atoms with Crippen molar-refractivity contribution in [3.05, 3.63) is 58.0 Å². The lowest BCUT2D eigenvalue weighted by atomic mass is 10.2. The molecule has 1 saturated heterocycles. The number of carbonyl (C=O) groups is 1. The van der Waals surface area contributed by atoms with Crippen molar-refractivity contribution in [2.45, 2.75) is 13.5 Å². The number of rotatable bonds is 4. The number of amidine groups is 1. The molecule has 3 rings (SSSR count). The minimum atomic E-state index is -0.313. The highest BCUT2D eigenvalue weighted by molar-refractivity contribution is 8.15. The van der Waals surface area contributed by atoms with E-state index in [1.54, 1.807) is 28.4 Å². The fourth-order valence-electron chi connectivity index (χ4n) is 2.10. The van der Waals surface area contributed by atoms with Crippen LogP contribution in [0.25, 0.3) is 0 Å². The molecule has 1 aromatic heterocycles. The van der Waals surface area contributed by atoms with Crippen LogP contribution < -0.4 is 0 Å². The second-order valence-electron chi connectivity index (χ2n) is 4.94. The zero-order valence-electron chi connectivity index (χ0n) is 12.4. The number of benzene rings is 1. The molecule has 0 N–H and O–H groups in total. The third-order valence-corrected chi connectivity index (χ3v) is 5.18. The first-order valence-electron chi connectivity index (χ1n) is 6.97. The Hall–Kier alpha value is -1.99. The van der Waals surface area contributed by atoms with E-state index in [1.807, 2.05) is 24.4 Å². The summed E-state index contributed by atoms with van der Waals surface area (Å²) >= 11 is 2.94. The van der Waals surface area contributed by atoms with Gasteiger partial charge in [0.1, 0.15) is 5.82 Å². The van der Waals surface area contributed by atoms with Gasteiger partial charge in [0.2, 0.25) is 5.91 Å². The second-order valence-corrected chi connectivity index (χ2v) is 6.83. The molecule has 1 amide bonds. The third kappa shape index (κ3) is 3.86. The Morgan fingerprint density at radius 2 is 2.22 bits per heavy atom. The van der Waals surface area contributed by atoms with E-state index in [2.05, 4.69) is 10.2 Å².